The van der Waals surface area contributed by atoms with Crippen molar-refractivity contribution in [2.24, 2.45) is 0 Å². The third-order valence-electron chi connectivity index (χ3n) is 6.86. The van der Waals surface area contributed by atoms with E-state index in [-0.39, 0.29) is 5.82 Å². The standard InChI is InChI=1S/C28H23FN6O3/c1-14-22(16(3)38-34-14)25-24-27(30)31-13-32-28(24)35(33-25)15(2)26-23(17-7-6-8-18(29)11-17)20(12-36)19-9-4-5-10-21(19)37-26/h4-13,15,20H,1-3H3,(H2,30,31,32). The van der Waals surface area contributed by atoms with Crippen LogP contribution in [0.1, 0.15) is 41.5 Å². The minimum atomic E-state index is -0.678. The Morgan fingerprint density at radius 3 is 2.68 bits per heavy atom. The van der Waals surface area contributed by atoms with Crippen LogP contribution >= 0.6 is 0 Å². The lowest BCUT2D eigenvalue weighted by Gasteiger charge is -2.31. The molecule has 2 atom stereocenters. The minimum absolute atomic E-state index is 0.253. The van der Waals surface area contributed by atoms with Crippen molar-refractivity contribution in [2.45, 2.75) is 32.7 Å². The highest BCUT2D eigenvalue weighted by molar-refractivity contribution is 5.99. The summed E-state index contributed by atoms with van der Waals surface area (Å²) in [6.45, 7) is 5.50. The molecule has 9 nitrogen and oxygen atoms in total. The second-order valence-corrected chi connectivity index (χ2v) is 9.17. The summed E-state index contributed by atoms with van der Waals surface area (Å²) in [5, 5.41) is 9.51. The Hall–Kier alpha value is -4.86. The van der Waals surface area contributed by atoms with Gasteiger partial charge in [0.25, 0.3) is 0 Å². The fourth-order valence-electron chi connectivity index (χ4n) is 5.11. The fraction of sp³-hybridized carbons (Fsp3) is 0.179. The molecule has 2 N–H and O–H groups in total. The SMILES string of the molecule is Cc1noc(C)c1-c1nn(C(C)C2=C(c3cccc(F)c3)C(C=O)c3ccccc3O2)c2ncnc(N)c12. The van der Waals surface area contributed by atoms with Gasteiger partial charge in [-0.25, -0.2) is 19.0 Å². The van der Waals surface area contributed by atoms with E-state index < -0.39 is 17.8 Å². The number of rotatable bonds is 5. The summed E-state index contributed by atoms with van der Waals surface area (Å²) in [5.41, 5.74) is 10.4. The van der Waals surface area contributed by atoms with Gasteiger partial charge >= 0.3 is 0 Å². The van der Waals surface area contributed by atoms with E-state index in [0.717, 1.165) is 6.29 Å². The van der Waals surface area contributed by atoms with Crippen LogP contribution in [0.3, 0.4) is 0 Å². The van der Waals surface area contributed by atoms with Crippen LogP contribution in [-0.4, -0.2) is 31.2 Å². The number of carbonyl (C=O) groups excluding carboxylic acids is 1. The van der Waals surface area contributed by atoms with Crippen LogP contribution < -0.4 is 10.5 Å². The molecule has 0 aliphatic carbocycles. The molecule has 2 unspecified atom stereocenters. The lowest BCUT2D eigenvalue weighted by atomic mass is 9.83. The Morgan fingerprint density at radius 2 is 1.95 bits per heavy atom. The molecule has 0 saturated heterocycles. The normalized spacial score (nSPS) is 15.8. The summed E-state index contributed by atoms with van der Waals surface area (Å²) in [7, 11) is 0. The van der Waals surface area contributed by atoms with Crippen molar-refractivity contribution in [2.75, 3.05) is 5.73 Å². The predicted molar refractivity (Wildman–Crippen MR) is 139 cm³/mol. The molecule has 0 saturated carbocycles. The Bertz CT molecular complexity index is 1740. The molecule has 38 heavy (non-hydrogen) atoms. The third-order valence-corrected chi connectivity index (χ3v) is 6.86. The first-order chi connectivity index (χ1) is 18.4. The molecular weight excluding hydrogens is 487 g/mol. The zero-order valence-corrected chi connectivity index (χ0v) is 20.8. The van der Waals surface area contributed by atoms with Crippen molar-refractivity contribution < 1.29 is 18.4 Å². The first-order valence-electron chi connectivity index (χ1n) is 12.0. The molecular formula is C28H23FN6O3. The molecule has 0 spiro atoms. The van der Waals surface area contributed by atoms with Crippen LogP contribution in [0.25, 0.3) is 27.9 Å². The van der Waals surface area contributed by atoms with Gasteiger partial charge in [0.1, 0.15) is 53.3 Å². The Balaban J connectivity index is 1.62. The van der Waals surface area contributed by atoms with Crippen LogP contribution in [0.2, 0.25) is 0 Å². The summed E-state index contributed by atoms with van der Waals surface area (Å²) in [5.74, 6) is 0.720. The van der Waals surface area contributed by atoms with Crippen molar-refractivity contribution in [1.82, 2.24) is 24.9 Å². The van der Waals surface area contributed by atoms with Crippen LogP contribution in [0.5, 0.6) is 5.75 Å². The van der Waals surface area contributed by atoms with E-state index in [1.807, 2.05) is 32.0 Å². The second kappa shape index (κ2) is 8.91. The molecule has 190 valence electrons. The number of aldehydes is 1. The monoisotopic (exact) mass is 510 g/mol. The maximum absolute atomic E-state index is 14.4. The number of benzene rings is 2. The van der Waals surface area contributed by atoms with Gasteiger partial charge in [0, 0.05) is 11.1 Å². The zero-order chi connectivity index (χ0) is 26.6. The summed E-state index contributed by atoms with van der Waals surface area (Å²) in [4.78, 5) is 21.2. The van der Waals surface area contributed by atoms with Crippen LogP contribution in [-0.2, 0) is 4.79 Å². The van der Waals surface area contributed by atoms with Gasteiger partial charge in [-0.2, -0.15) is 5.10 Å². The average Bonchev–Trinajstić information content (AvgIpc) is 3.46. The summed E-state index contributed by atoms with van der Waals surface area (Å²) >= 11 is 0. The number of anilines is 1. The number of aromatic nitrogens is 5. The quantitative estimate of drug-likeness (QED) is 0.322. The van der Waals surface area contributed by atoms with Gasteiger partial charge in [-0.15, -0.1) is 0 Å². The average molecular weight is 511 g/mol. The van der Waals surface area contributed by atoms with E-state index >= 15 is 0 Å². The highest BCUT2D eigenvalue weighted by Gasteiger charge is 2.35. The van der Waals surface area contributed by atoms with Gasteiger partial charge in [0.05, 0.1) is 22.6 Å². The molecule has 10 heteroatoms. The molecule has 0 bridgehead atoms. The van der Waals surface area contributed by atoms with Gasteiger partial charge in [-0.1, -0.05) is 35.5 Å². The highest BCUT2D eigenvalue weighted by atomic mass is 19.1. The predicted octanol–water partition coefficient (Wildman–Crippen LogP) is 5.17. The molecule has 5 aromatic rings. The molecule has 0 fully saturated rings. The Morgan fingerprint density at radius 1 is 1.13 bits per heavy atom. The number of carbonyl (C=O) groups is 1. The molecule has 0 radical (unpaired) electrons. The number of halogens is 1. The first kappa shape index (κ1) is 23.5. The first-order valence-corrected chi connectivity index (χ1v) is 12.0. The topological polar surface area (TPSA) is 122 Å². The van der Waals surface area contributed by atoms with Crippen LogP contribution in [0, 0.1) is 19.7 Å². The van der Waals surface area contributed by atoms with Crippen molar-refractivity contribution in [3.8, 4) is 17.0 Å². The number of hydrogen-bond acceptors (Lipinski definition) is 8. The van der Waals surface area contributed by atoms with Crippen molar-refractivity contribution in [3.63, 3.8) is 0 Å². The molecule has 3 aromatic heterocycles. The Labute approximate surface area is 216 Å². The minimum Gasteiger partial charge on any atom is -0.459 e. The van der Waals surface area contributed by atoms with Crippen LogP contribution in [0.4, 0.5) is 10.2 Å². The van der Waals surface area contributed by atoms with Crippen molar-refractivity contribution >= 4 is 28.7 Å². The highest BCUT2D eigenvalue weighted by Crippen LogP contribution is 2.46. The molecule has 2 aromatic carbocycles. The number of allylic oxidation sites excluding steroid dienone is 2. The number of nitrogen functional groups attached to an aromatic ring is 1. The summed E-state index contributed by atoms with van der Waals surface area (Å²) < 4.78 is 27.9. The fourth-order valence-corrected chi connectivity index (χ4v) is 5.11. The lowest BCUT2D eigenvalue weighted by Crippen LogP contribution is -2.23. The van der Waals surface area contributed by atoms with E-state index in [4.69, 9.17) is 20.1 Å². The van der Waals surface area contributed by atoms with Gasteiger partial charge in [0.15, 0.2) is 5.65 Å². The summed E-state index contributed by atoms with van der Waals surface area (Å²) in [6.07, 6.45) is 2.22. The number of para-hydroxylation sites is 1. The number of ether oxygens (including phenoxy) is 1. The van der Waals surface area contributed by atoms with E-state index in [2.05, 4.69) is 15.1 Å². The van der Waals surface area contributed by atoms with E-state index in [1.165, 1.54) is 18.5 Å². The number of hydrogen-bond donors (Lipinski definition) is 1. The molecule has 1 aliphatic heterocycles. The van der Waals surface area contributed by atoms with Gasteiger partial charge in [0.2, 0.25) is 0 Å². The summed E-state index contributed by atoms with van der Waals surface area (Å²) in [6, 6.07) is 12.9. The van der Waals surface area contributed by atoms with Gasteiger partial charge in [-0.3, -0.25) is 0 Å². The third kappa shape index (κ3) is 3.56. The largest absolute Gasteiger partial charge is 0.459 e. The maximum Gasteiger partial charge on any atom is 0.164 e. The second-order valence-electron chi connectivity index (χ2n) is 9.17. The number of fused-ring (bicyclic) bond motifs is 2. The lowest BCUT2D eigenvalue weighted by molar-refractivity contribution is -0.108. The molecule has 1 aliphatic rings. The van der Waals surface area contributed by atoms with E-state index in [1.54, 1.807) is 29.8 Å². The zero-order valence-electron chi connectivity index (χ0n) is 20.8. The van der Waals surface area contributed by atoms with Gasteiger partial charge in [-0.05, 0) is 44.5 Å². The maximum atomic E-state index is 14.4. The smallest absolute Gasteiger partial charge is 0.164 e. The van der Waals surface area contributed by atoms with Crippen molar-refractivity contribution in [1.29, 1.82) is 0 Å². The number of aryl methyl sites for hydroxylation is 2. The number of nitrogens with zero attached hydrogens (tertiary/aromatic N) is 5. The van der Waals surface area contributed by atoms with Crippen LogP contribution in [0.15, 0.2) is 65.1 Å². The van der Waals surface area contributed by atoms with E-state index in [0.29, 0.717) is 62.0 Å². The Kier molecular flexibility index (Phi) is 5.52. The molecule has 6 rings (SSSR count). The number of nitrogens with two attached hydrogens (primary N) is 1. The molecule has 0 amide bonds. The van der Waals surface area contributed by atoms with Gasteiger partial charge < -0.3 is 19.8 Å². The molecule has 4 heterocycles. The van der Waals surface area contributed by atoms with E-state index in [9.17, 15) is 9.18 Å². The van der Waals surface area contributed by atoms with Crippen molar-refractivity contribution in [3.05, 3.63) is 89.0 Å².